The van der Waals surface area contributed by atoms with Crippen molar-refractivity contribution in [3.63, 3.8) is 0 Å². The van der Waals surface area contributed by atoms with E-state index in [-0.39, 0.29) is 5.92 Å². The molecule has 1 saturated carbocycles. The minimum atomic E-state index is 0.266. The van der Waals surface area contributed by atoms with Gasteiger partial charge in [0.2, 0.25) is 0 Å². The molecule has 0 radical (unpaired) electrons. The highest BCUT2D eigenvalue weighted by atomic mass is 16.5. The molecule has 1 aliphatic carbocycles. The number of ketones is 1. The third-order valence-corrected chi connectivity index (χ3v) is 5.17. The standard InChI is InChI=1S/C18H25NO2/c19-12-13-5-7-14(8-6-13)17(20)11-15-9-10-21-18-4-2-1-3-16(15)18/h1-4,13-15H,5-12,19H2. The number of fused-ring (bicyclic) bond motifs is 1. The number of para-hydroxylation sites is 1. The van der Waals surface area contributed by atoms with Crippen LogP contribution in [0.4, 0.5) is 0 Å². The Balaban J connectivity index is 1.61. The monoisotopic (exact) mass is 287 g/mol. The van der Waals surface area contributed by atoms with Gasteiger partial charge in [-0.3, -0.25) is 4.79 Å². The van der Waals surface area contributed by atoms with E-state index in [9.17, 15) is 4.79 Å². The molecule has 1 heterocycles. The second-order valence-electron chi connectivity index (χ2n) is 6.50. The van der Waals surface area contributed by atoms with Gasteiger partial charge < -0.3 is 10.5 Å². The molecular formula is C18H25NO2. The lowest BCUT2D eigenvalue weighted by molar-refractivity contribution is -0.124. The van der Waals surface area contributed by atoms with Crippen molar-refractivity contribution in [1.82, 2.24) is 0 Å². The normalized spacial score (nSPS) is 28.5. The summed E-state index contributed by atoms with van der Waals surface area (Å²) in [6.07, 6.45) is 5.95. The van der Waals surface area contributed by atoms with Gasteiger partial charge in [-0.25, -0.2) is 0 Å². The second-order valence-corrected chi connectivity index (χ2v) is 6.50. The Hall–Kier alpha value is -1.35. The molecule has 3 heteroatoms. The summed E-state index contributed by atoms with van der Waals surface area (Å²) < 4.78 is 5.68. The summed E-state index contributed by atoms with van der Waals surface area (Å²) in [4.78, 5) is 12.6. The maximum atomic E-state index is 12.6. The number of ether oxygens (including phenoxy) is 1. The predicted octanol–water partition coefficient (Wildman–Crippen LogP) is 3.28. The van der Waals surface area contributed by atoms with Gasteiger partial charge in [0.15, 0.2) is 0 Å². The zero-order valence-electron chi connectivity index (χ0n) is 12.6. The number of rotatable bonds is 4. The molecule has 21 heavy (non-hydrogen) atoms. The van der Waals surface area contributed by atoms with Crippen LogP contribution in [-0.2, 0) is 4.79 Å². The second kappa shape index (κ2) is 6.61. The first-order valence-corrected chi connectivity index (χ1v) is 8.22. The fourth-order valence-corrected chi connectivity index (χ4v) is 3.76. The molecule has 0 amide bonds. The number of Topliss-reactive ketones (excluding diaryl/α,β-unsaturated/α-hetero) is 1. The van der Waals surface area contributed by atoms with Crippen LogP contribution in [0.15, 0.2) is 24.3 Å². The molecule has 1 aromatic carbocycles. The maximum Gasteiger partial charge on any atom is 0.136 e. The molecule has 1 aliphatic heterocycles. The van der Waals surface area contributed by atoms with Crippen molar-refractivity contribution < 1.29 is 9.53 Å². The van der Waals surface area contributed by atoms with E-state index < -0.39 is 0 Å². The first kappa shape index (κ1) is 14.6. The molecule has 0 saturated heterocycles. The van der Waals surface area contributed by atoms with Crippen LogP contribution in [0.3, 0.4) is 0 Å². The summed E-state index contributed by atoms with van der Waals surface area (Å²) in [5, 5.41) is 0. The third kappa shape index (κ3) is 3.29. The number of hydrogen-bond donors (Lipinski definition) is 1. The summed E-state index contributed by atoms with van der Waals surface area (Å²) in [6, 6.07) is 8.16. The van der Waals surface area contributed by atoms with Crippen molar-refractivity contribution in [1.29, 1.82) is 0 Å². The van der Waals surface area contributed by atoms with E-state index in [4.69, 9.17) is 10.5 Å². The summed E-state index contributed by atoms with van der Waals surface area (Å²) in [5.41, 5.74) is 6.94. The third-order valence-electron chi connectivity index (χ3n) is 5.17. The summed E-state index contributed by atoms with van der Waals surface area (Å²) in [6.45, 7) is 1.50. The van der Waals surface area contributed by atoms with E-state index in [1.165, 1.54) is 5.56 Å². The summed E-state index contributed by atoms with van der Waals surface area (Å²) >= 11 is 0. The molecule has 2 aliphatic rings. The zero-order valence-corrected chi connectivity index (χ0v) is 12.6. The molecule has 3 nitrogen and oxygen atoms in total. The van der Waals surface area contributed by atoms with Gasteiger partial charge in [0.1, 0.15) is 11.5 Å². The smallest absolute Gasteiger partial charge is 0.136 e. The molecule has 1 atom stereocenters. The molecule has 0 aromatic heterocycles. The largest absolute Gasteiger partial charge is 0.493 e. The van der Waals surface area contributed by atoms with E-state index in [0.29, 0.717) is 24.0 Å². The van der Waals surface area contributed by atoms with Crippen molar-refractivity contribution in [3.05, 3.63) is 29.8 Å². The van der Waals surface area contributed by atoms with Gasteiger partial charge in [0.25, 0.3) is 0 Å². The highest BCUT2D eigenvalue weighted by Crippen LogP contribution is 2.38. The van der Waals surface area contributed by atoms with Crippen LogP contribution < -0.4 is 10.5 Å². The Kier molecular flexibility index (Phi) is 4.59. The quantitative estimate of drug-likeness (QED) is 0.924. The number of carbonyl (C=O) groups is 1. The van der Waals surface area contributed by atoms with Gasteiger partial charge in [-0.1, -0.05) is 18.2 Å². The molecule has 1 aromatic rings. The van der Waals surface area contributed by atoms with Gasteiger partial charge in [-0.15, -0.1) is 0 Å². The van der Waals surface area contributed by atoms with Crippen molar-refractivity contribution in [2.24, 2.45) is 17.6 Å². The molecule has 114 valence electrons. The lowest BCUT2D eigenvalue weighted by Gasteiger charge is -2.29. The zero-order chi connectivity index (χ0) is 14.7. The first-order valence-electron chi connectivity index (χ1n) is 8.22. The van der Waals surface area contributed by atoms with E-state index in [0.717, 1.165) is 51.0 Å². The van der Waals surface area contributed by atoms with Crippen molar-refractivity contribution >= 4 is 5.78 Å². The van der Waals surface area contributed by atoms with Gasteiger partial charge >= 0.3 is 0 Å². The van der Waals surface area contributed by atoms with Crippen LogP contribution in [0, 0.1) is 11.8 Å². The minimum Gasteiger partial charge on any atom is -0.493 e. The van der Waals surface area contributed by atoms with E-state index in [1.54, 1.807) is 0 Å². The van der Waals surface area contributed by atoms with Gasteiger partial charge in [-0.05, 0) is 62.1 Å². The maximum absolute atomic E-state index is 12.6. The van der Waals surface area contributed by atoms with Crippen LogP contribution >= 0.6 is 0 Å². The van der Waals surface area contributed by atoms with Gasteiger partial charge in [-0.2, -0.15) is 0 Å². The summed E-state index contributed by atoms with van der Waals surface area (Å²) in [5.74, 6) is 2.66. The summed E-state index contributed by atoms with van der Waals surface area (Å²) in [7, 11) is 0. The Labute approximate surface area is 126 Å². The molecule has 3 rings (SSSR count). The Morgan fingerprint density at radius 3 is 2.67 bits per heavy atom. The SMILES string of the molecule is NCC1CCC(C(=O)CC2CCOc3ccccc32)CC1. The first-order chi connectivity index (χ1) is 10.3. The van der Waals surface area contributed by atoms with Crippen LogP contribution in [-0.4, -0.2) is 18.9 Å². The Morgan fingerprint density at radius 2 is 1.90 bits per heavy atom. The fourth-order valence-electron chi connectivity index (χ4n) is 3.76. The number of hydrogen-bond acceptors (Lipinski definition) is 3. The lowest BCUT2D eigenvalue weighted by atomic mass is 9.77. The molecule has 1 fully saturated rings. The highest BCUT2D eigenvalue weighted by Gasteiger charge is 2.29. The van der Waals surface area contributed by atoms with Crippen LogP contribution in [0.2, 0.25) is 0 Å². The van der Waals surface area contributed by atoms with Crippen LogP contribution in [0.25, 0.3) is 0 Å². The number of carbonyl (C=O) groups excluding carboxylic acids is 1. The van der Waals surface area contributed by atoms with Crippen LogP contribution in [0.1, 0.15) is 50.0 Å². The van der Waals surface area contributed by atoms with Crippen molar-refractivity contribution in [2.45, 2.75) is 44.4 Å². The average molecular weight is 287 g/mol. The van der Waals surface area contributed by atoms with Gasteiger partial charge in [0, 0.05) is 12.3 Å². The Morgan fingerprint density at radius 1 is 1.14 bits per heavy atom. The molecular weight excluding hydrogens is 262 g/mol. The number of benzene rings is 1. The van der Waals surface area contributed by atoms with E-state index in [2.05, 4.69) is 6.07 Å². The van der Waals surface area contributed by atoms with E-state index in [1.807, 2.05) is 18.2 Å². The molecule has 1 unspecified atom stereocenters. The topological polar surface area (TPSA) is 52.3 Å². The van der Waals surface area contributed by atoms with Crippen LogP contribution in [0.5, 0.6) is 5.75 Å². The highest BCUT2D eigenvalue weighted by molar-refractivity contribution is 5.82. The minimum absolute atomic E-state index is 0.266. The van der Waals surface area contributed by atoms with Gasteiger partial charge in [0.05, 0.1) is 6.61 Å². The molecule has 2 N–H and O–H groups in total. The Bertz CT molecular complexity index is 492. The molecule has 0 spiro atoms. The van der Waals surface area contributed by atoms with E-state index >= 15 is 0 Å². The average Bonchev–Trinajstić information content (AvgIpc) is 2.55. The lowest BCUT2D eigenvalue weighted by Crippen LogP contribution is -2.27. The van der Waals surface area contributed by atoms with Crippen molar-refractivity contribution in [2.75, 3.05) is 13.2 Å². The van der Waals surface area contributed by atoms with Crippen molar-refractivity contribution in [3.8, 4) is 5.75 Å². The fraction of sp³-hybridized carbons (Fsp3) is 0.611. The predicted molar refractivity (Wildman–Crippen MR) is 83.4 cm³/mol. The number of nitrogens with two attached hydrogens (primary N) is 1. The molecule has 0 bridgehead atoms.